The number of hydrogen-bond acceptors (Lipinski definition) is 3. The molecule has 0 saturated heterocycles. The first-order chi connectivity index (χ1) is 10.2. The van der Waals surface area contributed by atoms with Gasteiger partial charge in [-0.15, -0.1) is 0 Å². The van der Waals surface area contributed by atoms with Crippen LogP contribution in [0.5, 0.6) is 0 Å². The number of Topliss-reactive ketones (excluding diaryl/α,β-unsaturated/α-hetero) is 1. The van der Waals surface area contributed by atoms with E-state index in [1.807, 2.05) is 12.1 Å². The minimum atomic E-state index is -0.441. The minimum Gasteiger partial charge on any atom is -0.370 e. The van der Waals surface area contributed by atoms with Crippen LogP contribution in [-0.4, -0.2) is 23.5 Å². The molecule has 4 heteroatoms. The lowest BCUT2D eigenvalue weighted by atomic mass is 10.1. The van der Waals surface area contributed by atoms with E-state index in [0.717, 1.165) is 12.8 Å². The third kappa shape index (κ3) is 4.96. The Kier molecular flexibility index (Phi) is 5.90. The first-order valence-electron chi connectivity index (χ1n) is 6.97. The topological polar surface area (TPSA) is 39.2 Å². The fourth-order valence-corrected chi connectivity index (χ4v) is 2.14. The van der Waals surface area contributed by atoms with Crippen LogP contribution in [-0.2, 0) is 11.2 Å². The number of ether oxygens (including phenoxy) is 1. The number of nitrogens with zero attached hydrogens (tertiary/aromatic N) is 1. The van der Waals surface area contributed by atoms with Gasteiger partial charge in [-0.2, -0.15) is 0 Å². The van der Waals surface area contributed by atoms with Gasteiger partial charge in [0.15, 0.2) is 5.78 Å². The molecule has 2 aromatic rings. The number of halogens is 1. The van der Waals surface area contributed by atoms with E-state index in [4.69, 9.17) is 16.3 Å². The summed E-state index contributed by atoms with van der Waals surface area (Å²) in [4.78, 5) is 16.1. The molecule has 3 nitrogen and oxygen atoms in total. The quantitative estimate of drug-likeness (QED) is 0.574. The van der Waals surface area contributed by atoms with Crippen LogP contribution >= 0.6 is 11.6 Å². The van der Waals surface area contributed by atoms with Crippen molar-refractivity contribution in [3.05, 3.63) is 64.9 Å². The Morgan fingerprint density at radius 1 is 1.19 bits per heavy atom. The van der Waals surface area contributed by atoms with Crippen molar-refractivity contribution < 1.29 is 9.53 Å². The molecular weight excluding hydrogens is 286 g/mol. The maximum atomic E-state index is 12.1. The van der Waals surface area contributed by atoms with E-state index in [0.29, 0.717) is 17.2 Å². The highest BCUT2D eigenvalue weighted by Gasteiger charge is 2.15. The van der Waals surface area contributed by atoms with E-state index < -0.39 is 6.10 Å². The van der Waals surface area contributed by atoms with Crippen molar-refractivity contribution in [3.63, 3.8) is 0 Å². The molecule has 0 aliphatic rings. The first-order valence-corrected chi connectivity index (χ1v) is 7.35. The van der Waals surface area contributed by atoms with Crippen molar-refractivity contribution in [1.29, 1.82) is 0 Å². The van der Waals surface area contributed by atoms with Crippen LogP contribution in [0.2, 0.25) is 5.02 Å². The molecule has 110 valence electrons. The van der Waals surface area contributed by atoms with Crippen molar-refractivity contribution in [2.75, 3.05) is 6.61 Å². The van der Waals surface area contributed by atoms with Crippen molar-refractivity contribution in [2.24, 2.45) is 0 Å². The molecular formula is C17H18ClNO2. The Hall–Kier alpha value is -1.71. The monoisotopic (exact) mass is 303 g/mol. The van der Waals surface area contributed by atoms with Gasteiger partial charge in [-0.05, 0) is 61.7 Å². The Morgan fingerprint density at radius 2 is 1.86 bits per heavy atom. The Labute approximate surface area is 129 Å². The average Bonchev–Trinajstić information content (AvgIpc) is 2.52. The summed E-state index contributed by atoms with van der Waals surface area (Å²) in [6.45, 7) is 2.34. The largest absolute Gasteiger partial charge is 0.370 e. The minimum absolute atomic E-state index is 0.0180. The molecule has 1 unspecified atom stereocenters. The van der Waals surface area contributed by atoms with Crippen molar-refractivity contribution >= 4 is 17.4 Å². The molecule has 0 aliphatic heterocycles. The van der Waals surface area contributed by atoms with Crippen LogP contribution in [0, 0.1) is 0 Å². The van der Waals surface area contributed by atoms with Crippen LogP contribution in [0.15, 0.2) is 48.8 Å². The maximum absolute atomic E-state index is 12.1. The van der Waals surface area contributed by atoms with Gasteiger partial charge in [0.05, 0.1) is 0 Å². The average molecular weight is 304 g/mol. The van der Waals surface area contributed by atoms with E-state index in [1.54, 1.807) is 43.6 Å². The molecule has 0 radical (unpaired) electrons. The lowest BCUT2D eigenvalue weighted by Crippen LogP contribution is -2.21. The number of carbonyl (C=O) groups is 1. The highest BCUT2D eigenvalue weighted by molar-refractivity contribution is 6.30. The van der Waals surface area contributed by atoms with E-state index in [-0.39, 0.29) is 5.78 Å². The molecule has 0 spiro atoms. The van der Waals surface area contributed by atoms with Crippen molar-refractivity contribution in [3.8, 4) is 0 Å². The van der Waals surface area contributed by atoms with E-state index >= 15 is 0 Å². The molecule has 0 fully saturated rings. The normalized spacial score (nSPS) is 12.1. The highest BCUT2D eigenvalue weighted by Crippen LogP contribution is 2.12. The number of aryl methyl sites for hydroxylation is 1. The van der Waals surface area contributed by atoms with Gasteiger partial charge >= 0.3 is 0 Å². The fourth-order valence-electron chi connectivity index (χ4n) is 2.01. The van der Waals surface area contributed by atoms with Gasteiger partial charge in [-0.25, -0.2) is 0 Å². The number of aromatic nitrogens is 1. The molecule has 1 aromatic heterocycles. The van der Waals surface area contributed by atoms with Crippen molar-refractivity contribution in [1.82, 2.24) is 4.98 Å². The van der Waals surface area contributed by atoms with Crippen LogP contribution < -0.4 is 0 Å². The summed E-state index contributed by atoms with van der Waals surface area (Å²) in [5, 5.41) is 0.623. The van der Waals surface area contributed by atoms with Crippen LogP contribution in [0.1, 0.15) is 29.3 Å². The summed E-state index contributed by atoms with van der Waals surface area (Å²) >= 11 is 5.81. The molecule has 0 bridgehead atoms. The second-order valence-corrected chi connectivity index (χ2v) is 5.28. The van der Waals surface area contributed by atoms with E-state index in [9.17, 15) is 4.79 Å². The predicted molar refractivity (Wildman–Crippen MR) is 83.8 cm³/mol. The van der Waals surface area contributed by atoms with E-state index in [2.05, 4.69) is 4.98 Å². The third-order valence-electron chi connectivity index (χ3n) is 3.22. The molecule has 0 amide bonds. The Bertz CT molecular complexity index is 569. The SMILES string of the molecule is CC(OCCCc1ccncc1)C(=O)c1ccc(Cl)cc1. The van der Waals surface area contributed by atoms with Crippen LogP contribution in [0.25, 0.3) is 0 Å². The molecule has 0 aliphatic carbocycles. The summed E-state index contributed by atoms with van der Waals surface area (Å²) in [5.41, 5.74) is 1.85. The molecule has 1 atom stereocenters. The molecule has 21 heavy (non-hydrogen) atoms. The summed E-state index contributed by atoms with van der Waals surface area (Å²) < 4.78 is 5.61. The second-order valence-electron chi connectivity index (χ2n) is 4.84. The molecule has 1 heterocycles. The zero-order valence-corrected chi connectivity index (χ0v) is 12.7. The number of hydrogen-bond donors (Lipinski definition) is 0. The predicted octanol–water partition coefficient (Wildman–Crippen LogP) is 3.96. The highest BCUT2D eigenvalue weighted by atomic mass is 35.5. The molecule has 1 aromatic carbocycles. The zero-order chi connectivity index (χ0) is 15.1. The summed E-state index contributed by atoms with van der Waals surface area (Å²) in [6.07, 6.45) is 4.92. The third-order valence-corrected chi connectivity index (χ3v) is 3.48. The number of benzene rings is 1. The summed E-state index contributed by atoms with van der Waals surface area (Å²) in [5.74, 6) is -0.0180. The lowest BCUT2D eigenvalue weighted by molar-refractivity contribution is 0.0470. The fraction of sp³-hybridized carbons (Fsp3) is 0.294. The molecule has 2 rings (SSSR count). The first kappa shape index (κ1) is 15.7. The van der Waals surface area contributed by atoms with Crippen molar-refractivity contribution in [2.45, 2.75) is 25.9 Å². The van der Waals surface area contributed by atoms with Gasteiger partial charge in [0.2, 0.25) is 0 Å². The standard InChI is InChI=1S/C17H18ClNO2/c1-13(17(20)15-4-6-16(18)7-5-15)21-12-2-3-14-8-10-19-11-9-14/h4-11,13H,2-3,12H2,1H3. The second kappa shape index (κ2) is 7.91. The maximum Gasteiger partial charge on any atom is 0.191 e. The Balaban J connectivity index is 1.75. The Morgan fingerprint density at radius 3 is 2.52 bits per heavy atom. The summed E-state index contributed by atoms with van der Waals surface area (Å²) in [7, 11) is 0. The van der Waals surface area contributed by atoms with Crippen LogP contribution in [0.4, 0.5) is 0 Å². The smallest absolute Gasteiger partial charge is 0.191 e. The van der Waals surface area contributed by atoms with Gasteiger partial charge < -0.3 is 4.74 Å². The lowest BCUT2D eigenvalue weighted by Gasteiger charge is -2.12. The number of ketones is 1. The van der Waals surface area contributed by atoms with Gasteiger partial charge in [0.1, 0.15) is 6.10 Å². The van der Waals surface area contributed by atoms with Gasteiger partial charge in [0, 0.05) is 29.6 Å². The number of pyridine rings is 1. The molecule has 0 N–H and O–H groups in total. The van der Waals surface area contributed by atoms with E-state index in [1.165, 1.54) is 5.56 Å². The molecule has 0 saturated carbocycles. The van der Waals surface area contributed by atoms with Gasteiger partial charge in [0.25, 0.3) is 0 Å². The summed E-state index contributed by atoms with van der Waals surface area (Å²) in [6, 6.07) is 10.9. The number of carbonyl (C=O) groups excluding carboxylic acids is 1. The zero-order valence-electron chi connectivity index (χ0n) is 12.0. The van der Waals surface area contributed by atoms with Crippen LogP contribution in [0.3, 0.4) is 0 Å². The van der Waals surface area contributed by atoms with Gasteiger partial charge in [-0.3, -0.25) is 9.78 Å². The number of rotatable bonds is 7. The van der Waals surface area contributed by atoms with Gasteiger partial charge in [-0.1, -0.05) is 11.6 Å².